The van der Waals surface area contributed by atoms with E-state index in [1.165, 1.54) is 0 Å². The molecule has 1 heterocycles. The van der Waals surface area contributed by atoms with E-state index in [9.17, 15) is 5.11 Å². The van der Waals surface area contributed by atoms with Crippen LogP contribution in [0.4, 0.5) is 0 Å². The molecule has 0 fully saturated rings. The molecule has 6 nitrogen and oxygen atoms in total. The van der Waals surface area contributed by atoms with E-state index < -0.39 is 5.60 Å². The first-order chi connectivity index (χ1) is 24.1. The highest BCUT2D eigenvalue weighted by Crippen LogP contribution is 2.44. The van der Waals surface area contributed by atoms with Crippen LogP contribution in [0.25, 0.3) is 11.1 Å². The Morgan fingerprint density at radius 1 is 0.571 bits per heavy atom. The van der Waals surface area contributed by atoms with Crippen molar-refractivity contribution in [2.24, 2.45) is 0 Å². The summed E-state index contributed by atoms with van der Waals surface area (Å²) in [7, 11) is 3.34. The lowest BCUT2D eigenvalue weighted by Gasteiger charge is -2.36. The topological polar surface area (TPSA) is 66.4 Å². The Hall–Kier alpha value is -5.56. The highest BCUT2D eigenvalue weighted by molar-refractivity contribution is 5.76. The van der Waals surface area contributed by atoms with Crippen LogP contribution in [0.15, 0.2) is 140 Å². The SMILES string of the molecule is COc1ccc(C(OCc2ccc3c(c2)OCc2cc(OCc4cccc(CO)c4)ccc2-3)(c2ccccc2)c2ccc(OC)cc2)cc1. The zero-order chi connectivity index (χ0) is 33.6. The van der Waals surface area contributed by atoms with Gasteiger partial charge in [0.05, 0.1) is 27.4 Å². The third-order valence-corrected chi connectivity index (χ3v) is 9.00. The van der Waals surface area contributed by atoms with Gasteiger partial charge in [-0.15, -0.1) is 0 Å². The molecule has 0 atom stereocenters. The maximum atomic E-state index is 9.45. The largest absolute Gasteiger partial charge is 0.497 e. The third kappa shape index (κ3) is 6.61. The second kappa shape index (κ2) is 14.3. The normalized spacial score (nSPS) is 12.0. The molecule has 0 radical (unpaired) electrons. The number of aliphatic hydroxyl groups excluding tert-OH is 1. The van der Waals surface area contributed by atoms with Crippen molar-refractivity contribution in [3.8, 4) is 34.1 Å². The predicted octanol–water partition coefficient (Wildman–Crippen LogP) is 8.84. The minimum absolute atomic E-state index is 0.0104. The van der Waals surface area contributed by atoms with Crippen molar-refractivity contribution in [2.75, 3.05) is 14.2 Å². The third-order valence-electron chi connectivity index (χ3n) is 9.00. The fourth-order valence-electron chi connectivity index (χ4n) is 6.45. The van der Waals surface area contributed by atoms with Crippen LogP contribution in [-0.4, -0.2) is 19.3 Å². The molecule has 0 amide bonds. The number of ether oxygens (including phenoxy) is 5. The van der Waals surface area contributed by atoms with Gasteiger partial charge in [-0.3, -0.25) is 0 Å². The van der Waals surface area contributed by atoms with Crippen LogP contribution in [-0.2, 0) is 36.8 Å². The number of hydrogen-bond donors (Lipinski definition) is 1. The molecule has 0 unspecified atom stereocenters. The Morgan fingerprint density at radius 3 is 1.86 bits per heavy atom. The second-order valence-electron chi connectivity index (χ2n) is 12.0. The van der Waals surface area contributed by atoms with Crippen LogP contribution >= 0.6 is 0 Å². The predicted molar refractivity (Wildman–Crippen MR) is 190 cm³/mol. The molecule has 0 bridgehead atoms. The molecule has 246 valence electrons. The van der Waals surface area contributed by atoms with Crippen molar-refractivity contribution in [1.82, 2.24) is 0 Å². The Balaban J connectivity index is 1.17. The first-order valence-corrected chi connectivity index (χ1v) is 16.3. The molecule has 6 heteroatoms. The number of methoxy groups -OCH3 is 2. The Bertz CT molecular complexity index is 1970. The van der Waals surface area contributed by atoms with Crippen LogP contribution in [0, 0.1) is 0 Å². The van der Waals surface area contributed by atoms with Crippen molar-refractivity contribution < 1.29 is 28.8 Å². The first kappa shape index (κ1) is 32.0. The van der Waals surface area contributed by atoms with Gasteiger partial charge in [0.25, 0.3) is 0 Å². The second-order valence-corrected chi connectivity index (χ2v) is 12.0. The Morgan fingerprint density at radius 2 is 1.18 bits per heavy atom. The zero-order valence-electron chi connectivity index (χ0n) is 27.6. The Labute approximate surface area is 287 Å². The van der Waals surface area contributed by atoms with Gasteiger partial charge in [0.1, 0.15) is 41.8 Å². The van der Waals surface area contributed by atoms with Gasteiger partial charge in [-0.2, -0.15) is 0 Å². The quantitative estimate of drug-likeness (QED) is 0.134. The summed E-state index contributed by atoms with van der Waals surface area (Å²) in [6, 6.07) is 46.6. The maximum absolute atomic E-state index is 9.45. The summed E-state index contributed by atoms with van der Waals surface area (Å²) >= 11 is 0. The van der Waals surface area contributed by atoms with Gasteiger partial charge < -0.3 is 28.8 Å². The summed E-state index contributed by atoms with van der Waals surface area (Å²) in [5.41, 5.74) is 8.15. The van der Waals surface area contributed by atoms with E-state index in [0.717, 1.165) is 73.1 Å². The van der Waals surface area contributed by atoms with Crippen LogP contribution < -0.4 is 18.9 Å². The first-order valence-electron chi connectivity index (χ1n) is 16.3. The molecule has 1 aliphatic heterocycles. The smallest absolute Gasteiger partial charge is 0.144 e. The molecule has 0 aromatic heterocycles. The fourth-order valence-corrected chi connectivity index (χ4v) is 6.45. The van der Waals surface area contributed by atoms with Crippen LogP contribution in [0.2, 0.25) is 0 Å². The molecule has 6 aromatic rings. The average Bonchev–Trinajstić information content (AvgIpc) is 3.18. The van der Waals surface area contributed by atoms with E-state index in [1.807, 2.05) is 78.9 Å². The minimum Gasteiger partial charge on any atom is -0.497 e. The molecule has 0 spiro atoms. The van der Waals surface area contributed by atoms with E-state index in [1.54, 1.807) is 14.2 Å². The molecule has 1 N–H and O–H groups in total. The van der Waals surface area contributed by atoms with Crippen molar-refractivity contribution in [1.29, 1.82) is 0 Å². The lowest BCUT2D eigenvalue weighted by Crippen LogP contribution is -2.32. The van der Waals surface area contributed by atoms with Crippen LogP contribution in [0.3, 0.4) is 0 Å². The average molecular weight is 651 g/mol. The number of aliphatic hydroxyl groups is 1. The minimum atomic E-state index is -0.918. The molecule has 0 saturated heterocycles. The van der Waals surface area contributed by atoms with Gasteiger partial charge in [-0.25, -0.2) is 0 Å². The molecule has 0 aliphatic carbocycles. The summed E-state index contributed by atoms with van der Waals surface area (Å²) in [5, 5.41) is 9.45. The number of hydrogen-bond acceptors (Lipinski definition) is 6. The molecular formula is C43H38O6. The zero-order valence-corrected chi connectivity index (χ0v) is 27.6. The van der Waals surface area contributed by atoms with Crippen molar-refractivity contribution in [3.63, 3.8) is 0 Å². The van der Waals surface area contributed by atoms with E-state index in [4.69, 9.17) is 23.7 Å². The lowest BCUT2D eigenvalue weighted by atomic mass is 9.80. The van der Waals surface area contributed by atoms with Crippen LogP contribution in [0.5, 0.6) is 23.0 Å². The van der Waals surface area contributed by atoms with E-state index in [2.05, 4.69) is 60.7 Å². The monoisotopic (exact) mass is 650 g/mol. The molecule has 1 aliphatic rings. The van der Waals surface area contributed by atoms with Gasteiger partial charge in [-0.1, -0.05) is 97.1 Å². The molecule has 6 aromatic carbocycles. The van der Waals surface area contributed by atoms with E-state index in [0.29, 0.717) is 19.8 Å². The summed E-state index contributed by atoms with van der Waals surface area (Å²) in [6.07, 6.45) is 0. The van der Waals surface area contributed by atoms with Crippen molar-refractivity contribution >= 4 is 0 Å². The summed E-state index contributed by atoms with van der Waals surface area (Å²) in [6.45, 7) is 1.21. The molecule has 49 heavy (non-hydrogen) atoms. The molecular weight excluding hydrogens is 612 g/mol. The lowest BCUT2D eigenvalue weighted by molar-refractivity contribution is 0.000108. The van der Waals surface area contributed by atoms with Crippen molar-refractivity contribution in [3.05, 3.63) is 178 Å². The Kier molecular flexibility index (Phi) is 9.33. The van der Waals surface area contributed by atoms with Crippen LogP contribution in [0.1, 0.15) is 38.9 Å². The van der Waals surface area contributed by atoms with E-state index >= 15 is 0 Å². The summed E-state index contributed by atoms with van der Waals surface area (Å²) < 4.78 is 30.5. The van der Waals surface area contributed by atoms with Gasteiger partial charge in [0, 0.05) is 11.1 Å². The van der Waals surface area contributed by atoms with Gasteiger partial charge >= 0.3 is 0 Å². The van der Waals surface area contributed by atoms with Gasteiger partial charge in [0.2, 0.25) is 0 Å². The molecule has 0 saturated carbocycles. The van der Waals surface area contributed by atoms with Gasteiger partial charge in [-0.05, 0) is 81.4 Å². The highest BCUT2D eigenvalue weighted by atomic mass is 16.5. The molecule has 7 rings (SSSR count). The summed E-state index contributed by atoms with van der Waals surface area (Å²) in [5.74, 6) is 3.15. The number of rotatable bonds is 12. The fraction of sp³-hybridized carbons (Fsp3) is 0.163. The highest BCUT2D eigenvalue weighted by Gasteiger charge is 2.38. The van der Waals surface area contributed by atoms with Gasteiger partial charge in [0.15, 0.2) is 0 Å². The maximum Gasteiger partial charge on any atom is 0.144 e. The van der Waals surface area contributed by atoms with E-state index in [-0.39, 0.29) is 6.61 Å². The number of fused-ring (bicyclic) bond motifs is 3. The standard InChI is InChI=1S/C43H38O6/c1-45-37-16-12-35(13-17-37)43(34-9-4-3-5-10-34,36-14-18-38(46-2)19-15-36)49-28-32-11-21-41-40-22-20-39(25-33(40)29-48-42(41)24-32)47-27-31-8-6-7-30(23-31)26-44/h3-25,44H,26-29H2,1-2H3. The summed E-state index contributed by atoms with van der Waals surface area (Å²) in [4.78, 5) is 0. The van der Waals surface area contributed by atoms with Crippen molar-refractivity contribution in [2.45, 2.75) is 32.0 Å². The number of benzene rings is 6.